The third-order valence-corrected chi connectivity index (χ3v) is 12.1. The quantitative estimate of drug-likeness (QED) is 0.145. The van der Waals surface area contributed by atoms with E-state index >= 15 is 0 Å². The molecule has 0 atom stereocenters. The Labute approximate surface area is 344 Å². The molecule has 0 heterocycles. The summed E-state index contributed by atoms with van der Waals surface area (Å²) < 4.78 is 0. The van der Waals surface area contributed by atoms with Gasteiger partial charge >= 0.3 is 0 Å². The second-order valence-electron chi connectivity index (χ2n) is 16.9. The number of hydrogen-bond donors (Lipinski definition) is 0. The Kier molecular flexibility index (Phi) is 9.79. The van der Waals surface area contributed by atoms with E-state index in [-0.39, 0.29) is 10.8 Å². The van der Waals surface area contributed by atoms with Crippen LogP contribution >= 0.6 is 0 Å². The minimum absolute atomic E-state index is 0.178. The van der Waals surface area contributed by atoms with Crippen LogP contribution in [0.15, 0.2) is 206 Å². The van der Waals surface area contributed by atoms with E-state index in [2.05, 4.69) is 244 Å². The van der Waals surface area contributed by atoms with Crippen molar-refractivity contribution in [2.45, 2.75) is 51.4 Å². The average molecular weight is 751 g/mol. The number of para-hydroxylation sites is 2. The molecule has 8 aromatic carbocycles. The highest BCUT2D eigenvalue weighted by atomic mass is 15.1. The Morgan fingerprint density at radius 3 is 1.10 bits per heavy atom. The van der Waals surface area contributed by atoms with Gasteiger partial charge in [-0.15, -0.1) is 0 Å². The van der Waals surface area contributed by atoms with Crippen molar-refractivity contribution in [3.63, 3.8) is 0 Å². The van der Waals surface area contributed by atoms with Crippen LogP contribution in [0.3, 0.4) is 0 Å². The molecule has 0 spiro atoms. The lowest BCUT2D eigenvalue weighted by Crippen LogP contribution is -2.33. The van der Waals surface area contributed by atoms with Crippen molar-refractivity contribution in [2.75, 3.05) is 9.80 Å². The normalized spacial score (nSPS) is 14.0. The molecule has 0 bridgehead atoms. The van der Waals surface area contributed by atoms with Gasteiger partial charge in [0.2, 0.25) is 0 Å². The van der Waals surface area contributed by atoms with Gasteiger partial charge in [-0.3, -0.25) is 0 Å². The van der Waals surface area contributed by atoms with Crippen molar-refractivity contribution in [1.82, 2.24) is 0 Å². The van der Waals surface area contributed by atoms with Crippen molar-refractivity contribution in [1.29, 1.82) is 0 Å². The predicted octanol–water partition coefficient (Wildman–Crippen LogP) is 16.0. The fourth-order valence-corrected chi connectivity index (χ4v) is 8.68. The first-order valence-corrected chi connectivity index (χ1v) is 20.6. The van der Waals surface area contributed by atoms with Crippen molar-refractivity contribution in [3.05, 3.63) is 217 Å². The second-order valence-corrected chi connectivity index (χ2v) is 16.9. The summed E-state index contributed by atoms with van der Waals surface area (Å²) in [5.41, 5.74) is 17.4. The van der Waals surface area contributed by atoms with E-state index in [1.807, 2.05) is 0 Å². The largest absolute Gasteiger partial charge is 0.311 e. The number of fused-ring (bicyclic) bond motifs is 1. The monoisotopic (exact) mass is 750 g/mol. The van der Waals surface area contributed by atoms with Gasteiger partial charge < -0.3 is 9.80 Å². The van der Waals surface area contributed by atoms with Crippen LogP contribution in [0.5, 0.6) is 0 Å². The van der Waals surface area contributed by atoms with Crippen LogP contribution in [0.25, 0.3) is 33.4 Å². The highest BCUT2D eigenvalue weighted by molar-refractivity contribution is 5.83. The molecule has 58 heavy (non-hydrogen) atoms. The molecule has 0 aromatic heterocycles. The SMILES string of the molecule is CC1(C)CCC(C)(C)c2cc(-c3ccc(N(c4ccccc4)c4ccc(-c5ccc(N(c6ccccc6)c6cccc(-c7ccccc7)c6)cc5)cc4)cc3)ccc21. The summed E-state index contributed by atoms with van der Waals surface area (Å²) in [6, 6.07) is 74.8. The van der Waals surface area contributed by atoms with Crippen LogP contribution in [-0.2, 0) is 10.8 Å². The van der Waals surface area contributed by atoms with E-state index in [4.69, 9.17) is 0 Å². The first-order valence-electron chi connectivity index (χ1n) is 20.6. The third-order valence-electron chi connectivity index (χ3n) is 12.1. The van der Waals surface area contributed by atoms with Gasteiger partial charge in [0.1, 0.15) is 0 Å². The van der Waals surface area contributed by atoms with Gasteiger partial charge in [0.05, 0.1) is 0 Å². The molecule has 0 aliphatic heterocycles. The average Bonchev–Trinajstić information content (AvgIpc) is 3.27. The zero-order valence-corrected chi connectivity index (χ0v) is 33.9. The van der Waals surface area contributed by atoms with Crippen molar-refractivity contribution in [3.8, 4) is 33.4 Å². The summed E-state index contributed by atoms with van der Waals surface area (Å²) in [6.45, 7) is 9.59. The van der Waals surface area contributed by atoms with Gasteiger partial charge in [0.25, 0.3) is 0 Å². The van der Waals surface area contributed by atoms with Gasteiger partial charge in [-0.2, -0.15) is 0 Å². The number of nitrogens with zero attached hydrogens (tertiary/aromatic N) is 2. The lowest BCUT2D eigenvalue weighted by Gasteiger charge is -2.42. The van der Waals surface area contributed by atoms with E-state index < -0.39 is 0 Å². The number of anilines is 6. The number of benzene rings is 8. The molecule has 9 rings (SSSR count). The van der Waals surface area contributed by atoms with Crippen LogP contribution in [0.4, 0.5) is 34.1 Å². The zero-order chi connectivity index (χ0) is 39.7. The molecular formula is C56H50N2. The molecule has 0 amide bonds. The number of rotatable bonds is 9. The maximum absolute atomic E-state index is 2.45. The van der Waals surface area contributed by atoms with E-state index in [9.17, 15) is 0 Å². The summed E-state index contributed by atoms with van der Waals surface area (Å²) in [5.74, 6) is 0. The standard InChI is InChI=1S/C56H50N2/c1-55(2)37-38-56(3,4)54-40-46(29-36-53(54)55)44-27-34-50(35-28-44)57(47-18-10-6-11-19-47)49-30-23-42(24-31-49)43-25-32-51(33-26-43)58(48-20-12-7-13-21-48)52-22-14-17-45(39-52)41-15-8-5-9-16-41/h5-36,39-40H,37-38H2,1-4H3. The smallest absolute Gasteiger partial charge is 0.0467 e. The molecule has 0 N–H and O–H groups in total. The molecule has 0 saturated carbocycles. The van der Waals surface area contributed by atoms with Crippen molar-refractivity contribution >= 4 is 34.1 Å². The molecule has 2 heteroatoms. The molecule has 1 aliphatic rings. The van der Waals surface area contributed by atoms with E-state index in [1.165, 1.54) is 57.3 Å². The fraction of sp³-hybridized carbons (Fsp3) is 0.143. The molecular weight excluding hydrogens is 701 g/mol. The van der Waals surface area contributed by atoms with Crippen LogP contribution < -0.4 is 9.80 Å². The highest BCUT2D eigenvalue weighted by Crippen LogP contribution is 2.47. The summed E-state index contributed by atoms with van der Waals surface area (Å²) in [7, 11) is 0. The topological polar surface area (TPSA) is 6.48 Å². The zero-order valence-electron chi connectivity index (χ0n) is 33.9. The minimum Gasteiger partial charge on any atom is -0.311 e. The maximum atomic E-state index is 2.45. The summed E-state index contributed by atoms with van der Waals surface area (Å²) in [4.78, 5) is 4.67. The molecule has 8 aromatic rings. The maximum Gasteiger partial charge on any atom is 0.0467 e. The number of hydrogen-bond acceptors (Lipinski definition) is 2. The Morgan fingerprint density at radius 2 is 0.603 bits per heavy atom. The van der Waals surface area contributed by atoms with E-state index in [0.717, 1.165) is 34.1 Å². The Balaban J connectivity index is 1.00. The first kappa shape index (κ1) is 37.0. The molecule has 284 valence electrons. The van der Waals surface area contributed by atoms with Crippen LogP contribution in [-0.4, -0.2) is 0 Å². The predicted molar refractivity (Wildman–Crippen MR) is 247 cm³/mol. The molecule has 2 nitrogen and oxygen atoms in total. The van der Waals surface area contributed by atoms with Gasteiger partial charge in [0, 0.05) is 34.1 Å². The molecule has 0 radical (unpaired) electrons. The van der Waals surface area contributed by atoms with Gasteiger partial charge in [0.15, 0.2) is 0 Å². The van der Waals surface area contributed by atoms with Gasteiger partial charge in [-0.05, 0) is 141 Å². The van der Waals surface area contributed by atoms with Crippen LogP contribution in [0, 0.1) is 0 Å². The second kappa shape index (κ2) is 15.4. The van der Waals surface area contributed by atoms with Gasteiger partial charge in [-0.25, -0.2) is 0 Å². The van der Waals surface area contributed by atoms with Crippen LogP contribution in [0.2, 0.25) is 0 Å². The Hall–Kier alpha value is -6.64. The summed E-state index contributed by atoms with van der Waals surface area (Å²) in [6.07, 6.45) is 2.44. The van der Waals surface area contributed by atoms with Crippen molar-refractivity contribution in [2.24, 2.45) is 0 Å². The lowest BCUT2D eigenvalue weighted by atomic mass is 9.63. The van der Waals surface area contributed by atoms with Gasteiger partial charge in [-0.1, -0.05) is 161 Å². The molecule has 0 unspecified atom stereocenters. The fourth-order valence-electron chi connectivity index (χ4n) is 8.68. The van der Waals surface area contributed by atoms with Crippen LogP contribution in [0.1, 0.15) is 51.7 Å². The first-order chi connectivity index (χ1) is 28.2. The molecule has 1 aliphatic carbocycles. The third kappa shape index (κ3) is 7.35. The Morgan fingerprint density at radius 1 is 0.276 bits per heavy atom. The van der Waals surface area contributed by atoms with Crippen molar-refractivity contribution < 1.29 is 0 Å². The molecule has 0 fully saturated rings. The highest BCUT2D eigenvalue weighted by Gasteiger charge is 2.37. The van der Waals surface area contributed by atoms with E-state index in [1.54, 1.807) is 0 Å². The lowest BCUT2D eigenvalue weighted by molar-refractivity contribution is 0.332. The Bertz CT molecular complexity index is 2630. The summed E-state index contributed by atoms with van der Waals surface area (Å²) in [5, 5.41) is 0. The minimum atomic E-state index is 0.178. The molecule has 0 saturated heterocycles. The summed E-state index contributed by atoms with van der Waals surface area (Å²) >= 11 is 0. The van der Waals surface area contributed by atoms with E-state index in [0.29, 0.717) is 0 Å².